The molecule has 0 spiro atoms. The smallest absolute Gasteiger partial charge is 0.272 e. The molecule has 2 aromatic carbocycles. The molecule has 6 heteroatoms. The van der Waals surface area contributed by atoms with E-state index in [2.05, 4.69) is 0 Å². The maximum absolute atomic E-state index is 12.3. The molecule has 0 aromatic heterocycles. The summed E-state index contributed by atoms with van der Waals surface area (Å²) in [6, 6.07) is 13.1. The van der Waals surface area contributed by atoms with E-state index in [1.54, 1.807) is 42.5 Å². The average Bonchev–Trinajstić information content (AvgIpc) is 2.54. The summed E-state index contributed by atoms with van der Waals surface area (Å²) in [4.78, 5) is 11.7. The quantitative estimate of drug-likeness (QED) is 0.813. The van der Waals surface area contributed by atoms with Gasteiger partial charge in [-0.05, 0) is 24.6 Å². The lowest BCUT2D eigenvalue weighted by atomic mass is 9.97. The van der Waals surface area contributed by atoms with Gasteiger partial charge in [-0.25, -0.2) is 0 Å². The molecule has 1 atom stereocenters. The maximum atomic E-state index is 12.3. The molecular formula is C16H15NO4S. The second kappa shape index (κ2) is 5.55. The van der Waals surface area contributed by atoms with Gasteiger partial charge in [-0.1, -0.05) is 48.0 Å². The van der Waals surface area contributed by atoms with Gasteiger partial charge in [0.25, 0.3) is 0 Å². The third-order valence-electron chi connectivity index (χ3n) is 3.38. The maximum Gasteiger partial charge on any atom is 0.317 e. The van der Waals surface area contributed by atoms with E-state index in [9.17, 15) is 13.2 Å². The van der Waals surface area contributed by atoms with Crippen molar-refractivity contribution >= 4 is 16.0 Å². The second-order valence-corrected chi connectivity index (χ2v) is 6.55. The highest BCUT2D eigenvalue weighted by Crippen LogP contribution is 2.36. The minimum atomic E-state index is -4.16. The van der Waals surface area contributed by atoms with Crippen LogP contribution in [0.25, 0.3) is 0 Å². The summed E-state index contributed by atoms with van der Waals surface area (Å²) in [6.45, 7) is 1.83. The number of β-lactam (4-membered cyclic amide) rings is 1. The molecule has 1 unspecified atom stereocenters. The van der Waals surface area contributed by atoms with E-state index < -0.39 is 22.0 Å². The number of aryl methyl sites for hydroxylation is 1. The van der Waals surface area contributed by atoms with Crippen LogP contribution in [0.2, 0.25) is 0 Å². The number of benzene rings is 2. The summed E-state index contributed by atoms with van der Waals surface area (Å²) in [5, 5.41) is 0.623. The van der Waals surface area contributed by atoms with Gasteiger partial charge in [-0.2, -0.15) is 13.5 Å². The fourth-order valence-electron chi connectivity index (χ4n) is 2.13. The second-order valence-electron chi connectivity index (χ2n) is 5.02. The number of nitrogens with zero attached hydrogens (tertiary/aromatic N) is 1. The van der Waals surface area contributed by atoms with E-state index in [0.717, 1.165) is 5.56 Å². The Labute approximate surface area is 130 Å². The SMILES string of the molecule is [2H]C1(c2ccccc2)CC(=O)N1OS(=O)(=O)c1ccc(C)cc1. The predicted octanol–water partition coefficient (Wildman–Crippen LogP) is 2.59. The number of rotatable bonds is 4. The summed E-state index contributed by atoms with van der Waals surface area (Å²) < 4.78 is 38.0. The topological polar surface area (TPSA) is 63.7 Å². The lowest BCUT2D eigenvalue weighted by molar-refractivity contribution is -0.189. The zero-order valence-corrected chi connectivity index (χ0v) is 12.7. The molecule has 0 radical (unpaired) electrons. The van der Waals surface area contributed by atoms with Crippen molar-refractivity contribution in [2.24, 2.45) is 0 Å². The van der Waals surface area contributed by atoms with Gasteiger partial charge in [0, 0.05) is 0 Å². The van der Waals surface area contributed by atoms with Gasteiger partial charge in [0.05, 0.1) is 18.7 Å². The molecule has 1 amide bonds. The highest BCUT2D eigenvalue weighted by Gasteiger charge is 2.41. The van der Waals surface area contributed by atoms with Crippen LogP contribution in [0.3, 0.4) is 0 Å². The van der Waals surface area contributed by atoms with Crippen molar-refractivity contribution < 1.29 is 18.9 Å². The lowest BCUT2D eigenvalue weighted by Crippen LogP contribution is -2.47. The standard InChI is InChI=1S/C16H15NO4S/c1-12-7-9-14(10-8-12)22(19,20)21-17-15(11-16(17)18)13-5-3-2-4-6-13/h2-10,15H,11H2,1H3/i15D. The van der Waals surface area contributed by atoms with Crippen LogP contribution in [0.15, 0.2) is 59.5 Å². The minimum Gasteiger partial charge on any atom is -0.272 e. The number of carbonyl (C=O) groups excluding carboxylic acids is 1. The van der Waals surface area contributed by atoms with E-state index >= 15 is 0 Å². The molecule has 1 aliphatic rings. The first-order valence-electron chi connectivity index (χ1n) is 7.23. The molecular weight excluding hydrogens is 302 g/mol. The van der Waals surface area contributed by atoms with Crippen LogP contribution in [0.5, 0.6) is 0 Å². The van der Waals surface area contributed by atoms with Crippen molar-refractivity contribution in [2.75, 3.05) is 0 Å². The van der Waals surface area contributed by atoms with Crippen LogP contribution in [0, 0.1) is 6.92 Å². The molecule has 2 aromatic rings. The molecule has 22 heavy (non-hydrogen) atoms. The first-order chi connectivity index (χ1) is 10.8. The van der Waals surface area contributed by atoms with Gasteiger partial charge in [0.2, 0.25) is 5.91 Å². The van der Waals surface area contributed by atoms with Crippen molar-refractivity contribution in [3.63, 3.8) is 0 Å². The Morgan fingerprint density at radius 3 is 2.36 bits per heavy atom. The molecule has 1 saturated heterocycles. The molecule has 0 bridgehead atoms. The Morgan fingerprint density at radius 2 is 1.77 bits per heavy atom. The van der Waals surface area contributed by atoms with Gasteiger partial charge in [0.15, 0.2) is 0 Å². The molecule has 1 fully saturated rings. The summed E-state index contributed by atoms with van der Waals surface area (Å²) >= 11 is 0. The largest absolute Gasteiger partial charge is 0.317 e. The van der Waals surface area contributed by atoms with Crippen LogP contribution in [0.4, 0.5) is 0 Å². The summed E-state index contributed by atoms with van der Waals surface area (Å²) in [5.41, 5.74) is 1.40. The average molecular weight is 318 g/mol. The monoisotopic (exact) mass is 318 g/mol. The minimum absolute atomic E-state index is 0.0572. The zero-order chi connectivity index (χ0) is 16.7. The zero-order valence-electron chi connectivity index (χ0n) is 12.9. The summed E-state index contributed by atoms with van der Waals surface area (Å²) in [7, 11) is -4.16. The Balaban J connectivity index is 1.89. The number of hydrogen-bond acceptors (Lipinski definition) is 4. The molecule has 0 N–H and O–H groups in total. The van der Waals surface area contributed by atoms with E-state index in [-0.39, 0.29) is 11.3 Å². The highest BCUT2D eigenvalue weighted by molar-refractivity contribution is 7.86. The summed E-state index contributed by atoms with van der Waals surface area (Å²) in [5.74, 6) is -0.542. The summed E-state index contributed by atoms with van der Waals surface area (Å²) in [6.07, 6.45) is -0.125. The van der Waals surface area contributed by atoms with Gasteiger partial charge >= 0.3 is 10.1 Å². The molecule has 0 aliphatic carbocycles. The van der Waals surface area contributed by atoms with Crippen molar-refractivity contribution in [1.82, 2.24) is 5.06 Å². The van der Waals surface area contributed by atoms with Gasteiger partial charge in [0.1, 0.15) is 0 Å². The molecule has 3 rings (SSSR count). The lowest BCUT2D eigenvalue weighted by Gasteiger charge is -2.37. The number of hydrogen-bond donors (Lipinski definition) is 0. The molecule has 5 nitrogen and oxygen atoms in total. The Hall–Kier alpha value is -2.18. The van der Waals surface area contributed by atoms with Crippen molar-refractivity contribution in [1.29, 1.82) is 0 Å². The van der Waals surface area contributed by atoms with Crippen molar-refractivity contribution in [3.05, 3.63) is 65.7 Å². The Bertz CT molecular complexity index is 836. The predicted molar refractivity (Wildman–Crippen MR) is 80.1 cm³/mol. The van der Waals surface area contributed by atoms with E-state index in [4.69, 9.17) is 5.65 Å². The van der Waals surface area contributed by atoms with Crippen LogP contribution < -0.4 is 0 Å². The van der Waals surface area contributed by atoms with E-state index in [0.29, 0.717) is 10.6 Å². The van der Waals surface area contributed by atoms with E-state index in [1.165, 1.54) is 12.1 Å². The van der Waals surface area contributed by atoms with E-state index in [1.807, 2.05) is 6.92 Å². The molecule has 1 heterocycles. The highest BCUT2D eigenvalue weighted by atomic mass is 32.2. The normalized spacial score (nSPS) is 22.1. The molecule has 114 valence electrons. The number of carbonyl (C=O) groups is 1. The van der Waals surface area contributed by atoms with Crippen LogP contribution >= 0.6 is 0 Å². The number of hydroxylamine groups is 2. The fourth-order valence-corrected chi connectivity index (χ4v) is 3.05. The Morgan fingerprint density at radius 1 is 1.14 bits per heavy atom. The number of amides is 1. The van der Waals surface area contributed by atoms with Crippen LogP contribution in [-0.2, 0) is 19.2 Å². The van der Waals surface area contributed by atoms with Crippen molar-refractivity contribution in [2.45, 2.75) is 24.3 Å². The third-order valence-corrected chi connectivity index (χ3v) is 4.57. The first-order valence-corrected chi connectivity index (χ1v) is 8.14. The van der Waals surface area contributed by atoms with Crippen LogP contribution in [-0.4, -0.2) is 19.4 Å². The third kappa shape index (κ3) is 2.75. The first kappa shape index (κ1) is 13.5. The molecule has 1 aliphatic heterocycles. The fraction of sp³-hybridized carbons (Fsp3) is 0.188. The van der Waals surface area contributed by atoms with Gasteiger partial charge in [-0.15, -0.1) is 4.28 Å². The molecule has 0 saturated carbocycles. The van der Waals surface area contributed by atoms with Crippen LogP contribution in [0.1, 0.15) is 24.9 Å². The van der Waals surface area contributed by atoms with Gasteiger partial charge in [-0.3, -0.25) is 4.79 Å². The van der Waals surface area contributed by atoms with Crippen molar-refractivity contribution in [3.8, 4) is 0 Å². The Kier molecular flexibility index (Phi) is 3.40. The van der Waals surface area contributed by atoms with Gasteiger partial charge < -0.3 is 0 Å².